The molecule has 5 nitrogen and oxygen atoms in total. The van der Waals surface area contributed by atoms with E-state index in [4.69, 9.17) is 0 Å². The number of nitrogens with one attached hydrogen (secondary N) is 1. The van der Waals surface area contributed by atoms with E-state index in [2.05, 4.69) is 17.2 Å². The minimum absolute atomic E-state index is 0.0431. The van der Waals surface area contributed by atoms with Crippen LogP contribution in [0.2, 0.25) is 0 Å². The quantitative estimate of drug-likeness (QED) is 0.832. The number of nitrogens with zero attached hydrogens (tertiary/aromatic N) is 2. The molecule has 2 rings (SSSR count). The van der Waals surface area contributed by atoms with E-state index in [0.717, 1.165) is 24.8 Å². The van der Waals surface area contributed by atoms with E-state index < -0.39 is 0 Å². The first-order valence-electron chi connectivity index (χ1n) is 7.75. The van der Waals surface area contributed by atoms with Gasteiger partial charge >= 0.3 is 0 Å². The third-order valence-corrected chi connectivity index (χ3v) is 4.74. The normalized spacial score (nSPS) is 11.3. The van der Waals surface area contributed by atoms with Crippen LogP contribution >= 0.6 is 11.3 Å². The minimum atomic E-state index is -0.132. The van der Waals surface area contributed by atoms with Crippen molar-refractivity contribution < 1.29 is 4.79 Å². The van der Waals surface area contributed by atoms with Crippen molar-refractivity contribution in [2.24, 2.45) is 0 Å². The molecule has 0 radical (unpaired) electrons. The first-order chi connectivity index (χ1) is 10.5. The van der Waals surface area contributed by atoms with E-state index in [1.54, 1.807) is 10.9 Å². The van der Waals surface area contributed by atoms with Crippen molar-refractivity contribution in [3.63, 3.8) is 0 Å². The van der Waals surface area contributed by atoms with Gasteiger partial charge in [0.25, 0.3) is 11.5 Å². The van der Waals surface area contributed by atoms with Crippen molar-refractivity contribution in [2.75, 3.05) is 0 Å². The van der Waals surface area contributed by atoms with E-state index in [0.29, 0.717) is 21.6 Å². The number of thiophene rings is 1. The second-order valence-electron chi connectivity index (χ2n) is 5.81. The number of carbonyl (C=O) groups excluding carboxylic acids is 1. The largest absolute Gasteiger partial charge is 0.349 e. The van der Waals surface area contributed by atoms with Crippen LogP contribution in [0, 0.1) is 6.92 Å². The van der Waals surface area contributed by atoms with Crippen molar-refractivity contribution in [2.45, 2.75) is 59.5 Å². The summed E-state index contributed by atoms with van der Waals surface area (Å²) in [5.74, 6) is -0.132. The Morgan fingerprint density at radius 1 is 1.41 bits per heavy atom. The molecule has 0 unspecified atom stereocenters. The van der Waals surface area contributed by atoms with Crippen molar-refractivity contribution in [3.05, 3.63) is 27.1 Å². The molecule has 0 aliphatic heterocycles. The van der Waals surface area contributed by atoms with E-state index in [1.165, 1.54) is 11.3 Å². The Balaban J connectivity index is 2.40. The van der Waals surface area contributed by atoms with Crippen LogP contribution in [0.4, 0.5) is 0 Å². The van der Waals surface area contributed by atoms with Gasteiger partial charge in [0.15, 0.2) is 0 Å². The molecule has 120 valence electrons. The van der Waals surface area contributed by atoms with Gasteiger partial charge in [0.05, 0.1) is 16.6 Å². The molecule has 0 saturated carbocycles. The van der Waals surface area contributed by atoms with Gasteiger partial charge in [-0.25, -0.2) is 4.98 Å². The number of carbonyl (C=O) groups is 1. The molecule has 6 heteroatoms. The lowest BCUT2D eigenvalue weighted by atomic mass is 10.2. The number of aromatic nitrogens is 2. The summed E-state index contributed by atoms with van der Waals surface area (Å²) in [6, 6.07) is 0.0655. The monoisotopic (exact) mass is 321 g/mol. The second-order valence-corrected chi connectivity index (χ2v) is 6.81. The minimum Gasteiger partial charge on any atom is -0.349 e. The summed E-state index contributed by atoms with van der Waals surface area (Å²) in [6.45, 7) is 8.47. The lowest BCUT2D eigenvalue weighted by molar-refractivity contribution is 0.0947. The zero-order valence-electron chi connectivity index (χ0n) is 13.6. The van der Waals surface area contributed by atoms with Crippen LogP contribution in [-0.4, -0.2) is 21.5 Å². The molecule has 2 aromatic rings. The summed E-state index contributed by atoms with van der Waals surface area (Å²) in [4.78, 5) is 30.4. The number of aryl methyl sites for hydroxylation is 2. The average molecular weight is 321 g/mol. The number of amides is 1. The predicted molar refractivity (Wildman–Crippen MR) is 90.7 cm³/mol. The van der Waals surface area contributed by atoms with Crippen molar-refractivity contribution >= 4 is 27.5 Å². The van der Waals surface area contributed by atoms with Gasteiger partial charge in [-0.05, 0) is 32.8 Å². The molecule has 0 atom stereocenters. The smallest absolute Gasteiger partial charge is 0.262 e. The van der Waals surface area contributed by atoms with Gasteiger partial charge in [0.2, 0.25) is 0 Å². The number of fused-ring (bicyclic) bond motifs is 1. The lowest BCUT2D eigenvalue weighted by Crippen LogP contribution is -2.30. The van der Waals surface area contributed by atoms with Crippen molar-refractivity contribution in [1.82, 2.24) is 14.9 Å². The fourth-order valence-electron chi connectivity index (χ4n) is 2.39. The van der Waals surface area contributed by atoms with Crippen LogP contribution in [0.5, 0.6) is 0 Å². The zero-order chi connectivity index (χ0) is 16.3. The van der Waals surface area contributed by atoms with Gasteiger partial charge < -0.3 is 5.32 Å². The van der Waals surface area contributed by atoms with Gasteiger partial charge in [-0.1, -0.05) is 19.8 Å². The summed E-state index contributed by atoms with van der Waals surface area (Å²) >= 11 is 1.29. The molecule has 2 aromatic heterocycles. The molecule has 0 aliphatic rings. The second kappa shape index (κ2) is 7.05. The Kier molecular flexibility index (Phi) is 5.34. The number of hydrogen-bond acceptors (Lipinski definition) is 4. The number of rotatable bonds is 6. The van der Waals surface area contributed by atoms with Crippen molar-refractivity contribution in [3.8, 4) is 0 Å². The number of hydrogen-bond donors (Lipinski definition) is 1. The molecule has 0 spiro atoms. The topological polar surface area (TPSA) is 64.0 Å². The molecule has 0 saturated heterocycles. The molecule has 2 heterocycles. The highest BCUT2D eigenvalue weighted by Crippen LogP contribution is 2.26. The van der Waals surface area contributed by atoms with E-state index in [1.807, 2.05) is 20.8 Å². The van der Waals surface area contributed by atoms with Gasteiger partial charge in [-0.15, -0.1) is 11.3 Å². The van der Waals surface area contributed by atoms with Crippen LogP contribution in [-0.2, 0) is 6.54 Å². The maximum absolute atomic E-state index is 12.6. The summed E-state index contributed by atoms with van der Waals surface area (Å²) in [7, 11) is 0. The van der Waals surface area contributed by atoms with Gasteiger partial charge in [-0.3, -0.25) is 14.2 Å². The molecule has 22 heavy (non-hydrogen) atoms. The third kappa shape index (κ3) is 3.38. The molecule has 1 amide bonds. The van der Waals surface area contributed by atoms with E-state index in [9.17, 15) is 9.59 Å². The van der Waals surface area contributed by atoms with Crippen LogP contribution < -0.4 is 10.9 Å². The lowest BCUT2D eigenvalue weighted by Gasteiger charge is -2.07. The van der Waals surface area contributed by atoms with Crippen LogP contribution in [0.25, 0.3) is 10.2 Å². The molecule has 1 N–H and O–H groups in total. The van der Waals surface area contributed by atoms with Crippen LogP contribution in [0.3, 0.4) is 0 Å². The Bertz CT molecular complexity index is 731. The van der Waals surface area contributed by atoms with E-state index in [-0.39, 0.29) is 17.5 Å². The summed E-state index contributed by atoms with van der Waals surface area (Å²) in [5.41, 5.74) is 0.693. The fraction of sp³-hybridized carbons (Fsp3) is 0.562. The van der Waals surface area contributed by atoms with E-state index >= 15 is 0 Å². The van der Waals surface area contributed by atoms with Gasteiger partial charge in [0.1, 0.15) is 4.83 Å². The summed E-state index contributed by atoms with van der Waals surface area (Å²) < 4.78 is 1.65. The van der Waals surface area contributed by atoms with Crippen LogP contribution in [0.1, 0.15) is 55.3 Å². The molecular weight excluding hydrogens is 298 g/mol. The maximum atomic E-state index is 12.6. The van der Waals surface area contributed by atoms with Crippen LogP contribution in [0.15, 0.2) is 11.1 Å². The van der Waals surface area contributed by atoms with Gasteiger partial charge in [-0.2, -0.15) is 0 Å². The molecule has 0 aliphatic carbocycles. The average Bonchev–Trinajstić information content (AvgIpc) is 2.79. The molecule has 0 aromatic carbocycles. The summed E-state index contributed by atoms with van der Waals surface area (Å²) in [6.07, 6.45) is 4.77. The first-order valence-corrected chi connectivity index (χ1v) is 8.56. The molecule has 0 fully saturated rings. The Hall–Kier alpha value is -1.69. The highest BCUT2D eigenvalue weighted by atomic mass is 32.1. The zero-order valence-corrected chi connectivity index (χ0v) is 14.4. The SMILES string of the molecule is CCCCCn1cnc2sc(C(=O)NC(C)C)c(C)c2c1=O. The molecule has 0 bridgehead atoms. The summed E-state index contributed by atoms with van der Waals surface area (Å²) in [5, 5.41) is 3.45. The Labute approximate surface area is 134 Å². The Morgan fingerprint density at radius 2 is 2.14 bits per heavy atom. The van der Waals surface area contributed by atoms with Crippen molar-refractivity contribution in [1.29, 1.82) is 0 Å². The first kappa shape index (κ1) is 16.7. The third-order valence-electron chi connectivity index (χ3n) is 3.55. The van der Waals surface area contributed by atoms with Gasteiger partial charge in [0, 0.05) is 12.6 Å². The highest BCUT2D eigenvalue weighted by Gasteiger charge is 2.19. The number of unbranched alkanes of at least 4 members (excludes halogenated alkanes) is 2. The fourth-order valence-corrected chi connectivity index (χ4v) is 3.44. The predicted octanol–water partition coefficient (Wildman–Crippen LogP) is 3.09. The highest BCUT2D eigenvalue weighted by molar-refractivity contribution is 7.20. The standard InChI is InChI=1S/C16H23N3O2S/c1-5-6-7-8-19-9-17-15-12(16(19)21)11(4)13(22-15)14(20)18-10(2)3/h9-10H,5-8H2,1-4H3,(H,18,20). The Morgan fingerprint density at radius 3 is 2.77 bits per heavy atom. The molecular formula is C16H23N3O2S. The maximum Gasteiger partial charge on any atom is 0.262 e.